The average Bonchev–Trinajstić information content (AvgIpc) is 3.33. The Hall–Kier alpha value is -4.20. The molecule has 0 aliphatic heterocycles. The normalized spacial score (nSPS) is 10.8. The maximum absolute atomic E-state index is 12.5. The van der Waals surface area contributed by atoms with E-state index in [1.807, 2.05) is 30.3 Å². The van der Waals surface area contributed by atoms with Gasteiger partial charge in [-0.15, -0.1) is 0 Å². The summed E-state index contributed by atoms with van der Waals surface area (Å²) in [6.45, 7) is 2.06. The van der Waals surface area contributed by atoms with Crippen LogP contribution >= 0.6 is 0 Å². The van der Waals surface area contributed by atoms with Crippen LogP contribution in [-0.4, -0.2) is 49.9 Å². The van der Waals surface area contributed by atoms with Gasteiger partial charge in [0.25, 0.3) is 5.91 Å². The van der Waals surface area contributed by atoms with Gasteiger partial charge in [0, 0.05) is 31.1 Å². The number of amides is 1. The average molecular weight is 532 g/mol. The van der Waals surface area contributed by atoms with Crippen molar-refractivity contribution >= 4 is 16.9 Å². The fourth-order valence-electron chi connectivity index (χ4n) is 4.54. The Morgan fingerprint density at radius 2 is 1.64 bits per heavy atom. The van der Waals surface area contributed by atoms with Crippen LogP contribution in [0.15, 0.2) is 66.7 Å². The second-order valence-corrected chi connectivity index (χ2v) is 9.19. The summed E-state index contributed by atoms with van der Waals surface area (Å²) >= 11 is 0. The van der Waals surface area contributed by atoms with Crippen LogP contribution in [-0.2, 0) is 13.0 Å². The third-order valence-electron chi connectivity index (χ3n) is 6.58. The molecule has 0 atom stereocenters. The van der Waals surface area contributed by atoms with Gasteiger partial charge in [-0.05, 0) is 61.7 Å². The summed E-state index contributed by atoms with van der Waals surface area (Å²) in [4.78, 5) is 17.4. The molecule has 206 valence electrons. The van der Waals surface area contributed by atoms with Gasteiger partial charge in [-0.1, -0.05) is 24.6 Å². The number of carbonyl (C=O) groups is 1. The number of methoxy groups -OCH3 is 3. The Morgan fingerprint density at radius 3 is 2.46 bits per heavy atom. The van der Waals surface area contributed by atoms with E-state index in [1.165, 1.54) is 0 Å². The molecular weight excluding hydrogens is 494 g/mol. The number of hydrogen-bond donors (Lipinski definition) is 1. The number of unbranched alkanes of at least 4 members (excludes halogenated alkanes) is 2. The number of aromatic nitrogens is 2. The van der Waals surface area contributed by atoms with Gasteiger partial charge in [0.15, 0.2) is 11.5 Å². The van der Waals surface area contributed by atoms with Crippen molar-refractivity contribution in [1.82, 2.24) is 14.9 Å². The molecule has 0 bridgehead atoms. The number of fused-ring (bicyclic) bond motifs is 1. The Labute approximate surface area is 229 Å². The van der Waals surface area contributed by atoms with Gasteiger partial charge in [0.1, 0.15) is 17.3 Å². The number of hydrogen-bond acceptors (Lipinski definition) is 6. The van der Waals surface area contributed by atoms with E-state index in [-0.39, 0.29) is 5.91 Å². The van der Waals surface area contributed by atoms with Crippen molar-refractivity contribution in [2.75, 3.05) is 34.5 Å². The maximum atomic E-state index is 12.5. The quantitative estimate of drug-likeness (QED) is 0.199. The predicted molar refractivity (Wildman–Crippen MR) is 152 cm³/mol. The van der Waals surface area contributed by atoms with Crippen LogP contribution in [0.1, 0.15) is 41.9 Å². The smallest absolute Gasteiger partial charge is 0.251 e. The van der Waals surface area contributed by atoms with Gasteiger partial charge in [-0.3, -0.25) is 4.79 Å². The number of ether oxygens (including phenoxy) is 4. The third kappa shape index (κ3) is 7.44. The molecule has 8 heteroatoms. The Bertz CT molecular complexity index is 1370. The highest BCUT2D eigenvalue weighted by Crippen LogP contribution is 2.27. The molecule has 1 amide bonds. The monoisotopic (exact) mass is 531 g/mol. The van der Waals surface area contributed by atoms with Crippen molar-refractivity contribution in [3.05, 3.63) is 78.1 Å². The Balaban J connectivity index is 1.24. The van der Waals surface area contributed by atoms with E-state index in [1.54, 1.807) is 39.5 Å². The van der Waals surface area contributed by atoms with E-state index in [9.17, 15) is 4.79 Å². The first-order valence-corrected chi connectivity index (χ1v) is 13.3. The summed E-state index contributed by atoms with van der Waals surface area (Å²) in [5.41, 5.74) is 2.72. The molecule has 0 saturated heterocycles. The molecule has 0 aliphatic rings. The summed E-state index contributed by atoms with van der Waals surface area (Å²) in [6, 6.07) is 21.1. The number of carbonyl (C=O) groups excluding carboxylic acids is 1. The van der Waals surface area contributed by atoms with Crippen molar-refractivity contribution in [2.45, 2.75) is 38.6 Å². The molecule has 0 saturated carbocycles. The van der Waals surface area contributed by atoms with Crippen LogP contribution in [0.4, 0.5) is 0 Å². The molecule has 3 aromatic carbocycles. The molecule has 4 rings (SSSR count). The fourth-order valence-corrected chi connectivity index (χ4v) is 4.54. The lowest BCUT2D eigenvalue weighted by atomic mass is 10.1. The second kappa shape index (κ2) is 14.1. The van der Waals surface area contributed by atoms with Crippen LogP contribution in [0.2, 0.25) is 0 Å². The van der Waals surface area contributed by atoms with Crippen molar-refractivity contribution in [3.63, 3.8) is 0 Å². The van der Waals surface area contributed by atoms with E-state index in [2.05, 4.69) is 28.1 Å². The minimum atomic E-state index is -0.117. The van der Waals surface area contributed by atoms with Crippen LogP contribution < -0.4 is 24.3 Å². The molecule has 39 heavy (non-hydrogen) atoms. The number of nitrogens with zero attached hydrogens (tertiary/aromatic N) is 2. The number of benzene rings is 3. The van der Waals surface area contributed by atoms with Gasteiger partial charge < -0.3 is 28.8 Å². The molecule has 1 aromatic heterocycles. The highest BCUT2D eigenvalue weighted by molar-refractivity contribution is 5.94. The summed E-state index contributed by atoms with van der Waals surface area (Å²) in [7, 11) is 4.79. The van der Waals surface area contributed by atoms with E-state index >= 15 is 0 Å². The summed E-state index contributed by atoms with van der Waals surface area (Å²) < 4.78 is 24.1. The lowest BCUT2D eigenvalue weighted by Crippen LogP contribution is -2.24. The maximum Gasteiger partial charge on any atom is 0.251 e. The van der Waals surface area contributed by atoms with Crippen LogP contribution in [0, 0.1) is 0 Å². The zero-order chi connectivity index (χ0) is 27.5. The number of aryl methyl sites for hydroxylation is 2. The first-order valence-electron chi connectivity index (χ1n) is 13.3. The minimum Gasteiger partial charge on any atom is -0.497 e. The second-order valence-electron chi connectivity index (χ2n) is 9.19. The molecule has 4 aromatic rings. The topological polar surface area (TPSA) is 83.8 Å². The Kier molecular flexibility index (Phi) is 10.1. The molecular formula is C31H37N3O5. The van der Waals surface area contributed by atoms with Gasteiger partial charge in [-0.2, -0.15) is 0 Å². The summed E-state index contributed by atoms with van der Waals surface area (Å²) in [5, 5.41) is 3.00. The highest BCUT2D eigenvalue weighted by Gasteiger charge is 2.12. The van der Waals surface area contributed by atoms with E-state index in [0.29, 0.717) is 30.2 Å². The lowest BCUT2D eigenvalue weighted by molar-refractivity contribution is 0.0952. The van der Waals surface area contributed by atoms with E-state index in [0.717, 1.165) is 67.0 Å². The first kappa shape index (κ1) is 27.8. The van der Waals surface area contributed by atoms with Gasteiger partial charge in [-0.25, -0.2) is 4.98 Å². The molecule has 0 aliphatic carbocycles. The van der Waals surface area contributed by atoms with E-state index < -0.39 is 0 Å². The molecule has 8 nitrogen and oxygen atoms in total. The molecule has 0 unspecified atom stereocenters. The van der Waals surface area contributed by atoms with Crippen molar-refractivity contribution in [2.24, 2.45) is 0 Å². The van der Waals surface area contributed by atoms with Gasteiger partial charge in [0.2, 0.25) is 0 Å². The zero-order valence-corrected chi connectivity index (χ0v) is 22.9. The number of para-hydroxylation sites is 2. The summed E-state index contributed by atoms with van der Waals surface area (Å²) in [6.07, 6.45) is 4.64. The van der Waals surface area contributed by atoms with Crippen molar-refractivity contribution in [1.29, 1.82) is 0 Å². The fraction of sp³-hybridized carbons (Fsp3) is 0.355. The molecule has 1 heterocycles. The standard InChI is InChI=1S/C31H37N3O5/c1-36-24-11-9-12-25(22-24)39-20-10-19-34-27-14-7-6-13-26(27)33-30(34)15-5-4-8-18-32-31(35)23-16-17-28(37-2)29(21-23)38-3/h6-7,9,11-14,16-17,21-22H,4-5,8,10,15,18-20H2,1-3H3,(H,32,35). The van der Waals surface area contributed by atoms with Crippen LogP contribution in [0.5, 0.6) is 23.0 Å². The number of nitrogens with one attached hydrogen (secondary N) is 1. The summed E-state index contributed by atoms with van der Waals surface area (Å²) in [5.74, 6) is 3.71. The highest BCUT2D eigenvalue weighted by atomic mass is 16.5. The van der Waals surface area contributed by atoms with Gasteiger partial charge >= 0.3 is 0 Å². The molecule has 0 fully saturated rings. The molecule has 0 radical (unpaired) electrons. The SMILES string of the molecule is COc1cccc(OCCCn2c(CCCCCNC(=O)c3ccc(OC)c(OC)c3)nc3ccccc32)c1. The minimum absolute atomic E-state index is 0.117. The van der Waals surface area contributed by atoms with Crippen molar-refractivity contribution in [3.8, 4) is 23.0 Å². The largest absolute Gasteiger partial charge is 0.497 e. The predicted octanol–water partition coefficient (Wildman–Crippen LogP) is 5.67. The van der Waals surface area contributed by atoms with Crippen molar-refractivity contribution < 1.29 is 23.7 Å². The van der Waals surface area contributed by atoms with Crippen LogP contribution in [0.25, 0.3) is 11.0 Å². The third-order valence-corrected chi connectivity index (χ3v) is 6.58. The molecule has 1 N–H and O–H groups in total. The lowest BCUT2D eigenvalue weighted by Gasteiger charge is -2.11. The van der Waals surface area contributed by atoms with Crippen LogP contribution in [0.3, 0.4) is 0 Å². The Morgan fingerprint density at radius 1 is 0.821 bits per heavy atom. The molecule has 0 spiro atoms. The number of rotatable bonds is 15. The first-order chi connectivity index (χ1) is 19.1. The van der Waals surface area contributed by atoms with E-state index in [4.69, 9.17) is 23.9 Å². The number of imidazole rings is 1. The van der Waals surface area contributed by atoms with Gasteiger partial charge in [0.05, 0.1) is 39.0 Å². The zero-order valence-electron chi connectivity index (χ0n) is 22.9.